The molecule has 0 heterocycles. The highest BCUT2D eigenvalue weighted by Gasteiger charge is 2.25. The summed E-state index contributed by atoms with van der Waals surface area (Å²) in [7, 11) is 0. The minimum absolute atomic E-state index is 0.114. The number of para-hydroxylation sites is 1. The SMILES string of the molecule is CC(C)C(NC(=O)c1ccc(Cl)cc1Cl)C(=O)NCCC(=O)Nc1ccccc1. The minimum atomic E-state index is -0.772. The van der Waals surface area contributed by atoms with Gasteiger partial charge in [-0.1, -0.05) is 55.2 Å². The van der Waals surface area contributed by atoms with E-state index in [4.69, 9.17) is 23.2 Å². The Kier molecular flexibility index (Phi) is 8.49. The van der Waals surface area contributed by atoms with Gasteiger partial charge in [0.15, 0.2) is 0 Å². The number of hydrogen-bond acceptors (Lipinski definition) is 3. The highest BCUT2D eigenvalue weighted by molar-refractivity contribution is 6.36. The van der Waals surface area contributed by atoms with E-state index in [2.05, 4.69) is 16.0 Å². The number of anilines is 1. The molecule has 0 fully saturated rings. The Morgan fingerprint density at radius 2 is 1.69 bits per heavy atom. The summed E-state index contributed by atoms with van der Waals surface area (Å²) in [5.41, 5.74) is 0.924. The van der Waals surface area contributed by atoms with Crippen LogP contribution < -0.4 is 16.0 Å². The number of carbonyl (C=O) groups excluding carboxylic acids is 3. The van der Waals surface area contributed by atoms with Crippen molar-refractivity contribution in [2.24, 2.45) is 5.92 Å². The number of amides is 3. The maximum atomic E-state index is 12.5. The van der Waals surface area contributed by atoms with Gasteiger partial charge in [0.05, 0.1) is 10.6 Å². The van der Waals surface area contributed by atoms with Crippen LogP contribution in [0.25, 0.3) is 0 Å². The molecule has 8 heteroatoms. The molecule has 3 amide bonds. The van der Waals surface area contributed by atoms with Gasteiger partial charge in [0, 0.05) is 23.7 Å². The molecule has 0 saturated heterocycles. The fraction of sp³-hybridized carbons (Fsp3) is 0.286. The van der Waals surface area contributed by atoms with Crippen molar-refractivity contribution in [3.05, 3.63) is 64.1 Å². The van der Waals surface area contributed by atoms with Crippen molar-refractivity contribution < 1.29 is 14.4 Å². The average molecular weight is 436 g/mol. The molecule has 3 N–H and O–H groups in total. The third-order valence-corrected chi connectivity index (χ3v) is 4.67. The summed E-state index contributed by atoms with van der Waals surface area (Å²) in [6.07, 6.45) is 0.114. The second-order valence-corrected chi connectivity index (χ2v) is 7.62. The molecule has 0 bridgehead atoms. The van der Waals surface area contributed by atoms with Gasteiger partial charge >= 0.3 is 0 Å². The minimum Gasteiger partial charge on any atom is -0.354 e. The molecule has 0 spiro atoms. The first-order valence-electron chi connectivity index (χ1n) is 9.16. The molecule has 0 aliphatic rings. The highest BCUT2D eigenvalue weighted by atomic mass is 35.5. The van der Waals surface area contributed by atoms with Crippen molar-refractivity contribution in [1.29, 1.82) is 0 Å². The lowest BCUT2D eigenvalue weighted by Crippen LogP contribution is -2.50. The van der Waals surface area contributed by atoms with Crippen LogP contribution in [-0.2, 0) is 9.59 Å². The maximum absolute atomic E-state index is 12.5. The predicted molar refractivity (Wildman–Crippen MR) is 115 cm³/mol. The number of carbonyl (C=O) groups is 3. The van der Waals surface area contributed by atoms with Crippen molar-refractivity contribution in [3.63, 3.8) is 0 Å². The first-order valence-corrected chi connectivity index (χ1v) is 9.92. The largest absolute Gasteiger partial charge is 0.354 e. The quantitative estimate of drug-likeness (QED) is 0.587. The van der Waals surface area contributed by atoms with Crippen LogP contribution in [0.3, 0.4) is 0 Å². The molecule has 6 nitrogen and oxygen atoms in total. The third kappa shape index (κ3) is 7.07. The molecule has 29 heavy (non-hydrogen) atoms. The van der Waals surface area contributed by atoms with E-state index in [9.17, 15) is 14.4 Å². The molecule has 1 unspecified atom stereocenters. The first kappa shape index (κ1) is 22.7. The van der Waals surface area contributed by atoms with Crippen molar-refractivity contribution in [3.8, 4) is 0 Å². The van der Waals surface area contributed by atoms with Crippen LogP contribution in [0.5, 0.6) is 0 Å². The summed E-state index contributed by atoms with van der Waals surface area (Å²) in [5, 5.41) is 8.75. The molecular weight excluding hydrogens is 413 g/mol. The Morgan fingerprint density at radius 1 is 1.00 bits per heavy atom. The van der Waals surface area contributed by atoms with Gasteiger partial charge in [0.2, 0.25) is 11.8 Å². The van der Waals surface area contributed by atoms with Crippen LogP contribution >= 0.6 is 23.2 Å². The average Bonchev–Trinajstić information content (AvgIpc) is 2.66. The lowest BCUT2D eigenvalue weighted by Gasteiger charge is -2.22. The highest BCUT2D eigenvalue weighted by Crippen LogP contribution is 2.21. The topological polar surface area (TPSA) is 87.3 Å². The molecule has 2 aromatic carbocycles. The van der Waals surface area contributed by atoms with E-state index in [1.165, 1.54) is 12.1 Å². The molecule has 0 saturated carbocycles. The van der Waals surface area contributed by atoms with Gasteiger partial charge in [-0.2, -0.15) is 0 Å². The van der Waals surface area contributed by atoms with E-state index in [-0.39, 0.29) is 41.3 Å². The molecule has 0 aromatic heterocycles. The molecular formula is C21H23Cl2N3O3. The summed E-state index contributed by atoms with van der Waals surface area (Å²) in [5.74, 6) is -1.22. The van der Waals surface area contributed by atoms with Crippen LogP contribution in [-0.4, -0.2) is 30.3 Å². The Bertz CT molecular complexity index is 873. The summed E-state index contributed by atoms with van der Waals surface area (Å²) >= 11 is 11.9. The number of halogens is 2. The van der Waals surface area contributed by atoms with E-state index in [0.717, 1.165) is 0 Å². The lowest BCUT2D eigenvalue weighted by atomic mass is 10.0. The van der Waals surface area contributed by atoms with Crippen LogP contribution in [0, 0.1) is 5.92 Å². The summed E-state index contributed by atoms with van der Waals surface area (Å²) in [6, 6.07) is 12.8. The fourth-order valence-corrected chi connectivity index (χ4v) is 3.08. The zero-order valence-electron chi connectivity index (χ0n) is 16.2. The summed E-state index contributed by atoms with van der Waals surface area (Å²) in [4.78, 5) is 37.0. The fourth-order valence-electron chi connectivity index (χ4n) is 2.58. The van der Waals surface area contributed by atoms with Crippen LogP contribution in [0.15, 0.2) is 48.5 Å². The molecule has 0 radical (unpaired) electrons. The Morgan fingerprint density at radius 3 is 2.31 bits per heavy atom. The zero-order chi connectivity index (χ0) is 21.4. The third-order valence-electron chi connectivity index (χ3n) is 4.12. The Hall–Kier alpha value is -2.57. The van der Waals surface area contributed by atoms with Crippen molar-refractivity contribution in [1.82, 2.24) is 10.6 Å². The van der Waals surface area contributed by atoms with Gasteiger partial charge in [0.1, 0.15) is 6.04 Å². The second-order valence-electron chi connectivity index (χ2n) is 6.77. The van der Waals surface area contributed by atoms with Gasteiger partial charge in [-0.05, 0) is 36.2 Å². The standard InChI is InChI=1S/C21H23Cl2N3O3/c1-13(2)19(26-20(28)16-9-8-14(22)12-17(16)23)21(29)24-11-10-18(27)25-15-6-4-3-5-7-15/h3-9,12-13,19H,10-11H2,1-2H3,(H,24,29)(H,25,27)(H,26,28). The normalized spacial score (nSPS) is 11.6. The van der Waals surface area contributed by atoms with E-state index < -0.39 is 11.9 Å². The second kappa shape index (κ2) is 10.8. The maximum Gasteiger partial charge on any atom is 0.253 e. The Labute approximate surface area is 180 Å². The van der Waals surface area contributed by atoms with E-state index in [1.54, 1.807) is 18.2 Å². The monoisotopic (exact) mass is 435 g/mol. The smallest absolute Gasteiger partial charge is 0.253 e. The molecule has 2 rings (SSSR count). The molecule has 0 aliphatic heterocycles. The first-order chi connectivity index (χ1) is 13.8. The summed E-state index contributed by atoms with van der Waals surface area (Å²) in [6.45, 7) is 3.78. The number of rotatable bonds is 8. The van der Waals surface area contributed by atoms with Gasteiger partial charge in [-0.3, -0.25) is 14.4 Å². The van der Waals surface area contributed by atoms with Crippen LogP contribution in [0.4, 0.5) is 5.69 Å². The molecule has 0 aliphatic carbocycles. The van der Waals surface area contributed by atoms with Gasteiger partial charge < -0.3 is 16.0 Å². The molecule has 2 aromatic rings. The number of benzene rings is 2. The van der Waals surface area contributed by atoms with Gasteiger partial charge in [-0.15, -0.1) is 0 Å². The molecule has 1 atom stereocenters. The van der Waals surface area contributed by atoms with Gasteiger partial charge in [0.25, 0.3) is 5.91 Å². The zero-order valence-corrected chi connectivity index (χ0v) is 17.7. The number of nitrogens with one attached hydrogen (secondary N) is 3. The van der Waals surface area contributed by atoms with Crippen LogP contribution in [0.2, 0.25) is 10.0 Å². The number of hydrogen-bond donors (Lipinski definition) is 3. The van der Waals surface area contributed by atoms with Crippen LogP contribution in [0.1, 0.15) is 30.6 Å². The van der Waals surface area contributed by atoms with Crippen molar-refractivity contribution in [2.75, 3.05) is 11.9 Å². The van der Waals surface area contributed by atoms with Crippen molar-refractivity contribution >= 4 is 46.6 Å². The van der Waals surface area contributed by atoms with Gasteiger partial charge in [-0.25, -0.2) is 0 Å². The summed E-state index contributed by atoms with van der Waals surface area (Å²) < 4.78 is 0. The lowest BCUT2D eigenvalue weighted by molar-refractivity contribution is -0.124. The van der Waals surface area contributed by atoms with E-state index in [0.29, 0.717) is 10.7 Å². The van der Waals surface area contributed by atoms with Crippen molar-refractivity contribution in [2.45, 2.75) is 26.3 Å². The predicted octanol–water partition coefficient (Wildman–Crippen LogP) is 3.89. The Balaban J connectivity index is 1.88. The van der Waals surface area contributed by atoms with E-state index >= 15 is 0 Å². The molecule has 154 valence electrons. The van der Waals surface area contributed by atoms with E-state index in [1.807, 2.05) is 32.0 Å².